The molecule has 0 aliphatic heterocycles. The maximum atomic E-state index is 10.6. The Balaban J connectivity index is 3.60. The van der Waals surface area contributed by atoms with Gasteiger partial charge in [0.25, 0.3) is 0 Å². The first-order valence-electron chi connectivity index (χ1n) is 3.36. The van der Waals surface area contributed by atoms with Gasteiger partial charge in [-0.3, -0.25) is 4.79 Å². The molecule has 3 heteroatoms. The number of nitrogens with two attached hydrogens (primary N) is 1. The van der Waals surface area contributed by atoms with Crippen molar-refractivity contribution in [1.29, 1.82) is 0 Å². The minimum absolute atomic E-state index is 0.210. The van der Waals surface area contributed by atoms with Gasteiger partial charge in [-0.05, 0) is 6.42 Å². The van der Waals surface area contributed by atoms with Gasteiger partial charge in [-0.2, -0.15) is 0 Å². The fourth-order valence-corrected chi connectivity index (χ4v) is 0.672. The highest BCUT2D eigenvalue weighted by molar-refractivity contribution is 5.79. The van der Waals surface area contributed by atoms with Crippen LogP contribution in [0.5, 0.6) is 0 Å². The molecule has 0 aliphatic rings. The second-order valence-electron chi connectivity index (χ2n) is 2.06. The zero-order valence-electron chi connectivity index (χ0n) is 6.26. The third-order valence-electron chi connectivity index (χ3n) is 1.26. The molecule has 58 valence electrons. The standard InChI is InChI=1S/C7H14N2O/c1-3-5-9-6(4-2)7(8)10/h3,6,9H,1,4-5H2,2H3,(H2,8,10). The van der Waals surface area contributed by atoms with E-state index in [1.54, 1.807) is 6.08 Å². The minimum atomic E-state index is -0.302. The smallest absolute Gasteiger partial charge is 0.234 e. The number of amides is 1. The van der Waals surface area contributed by atoms with Crippen LogP contribution in [0.2, 0.25) is 0 Å². The van der Waals surface area contributed by atoms with Crippen LogP contribution in [-0.2, 0) is 4.79 Å². The van der Waals surface area contributed by atoms with Crippen LogP contribution in [0.15, 0.2) is 12.7 Å². The summed E-state index contributed by atoms with van der Waals surface area (Å²) in [6.07, 6.45) is 2.43. The highest BCUT2D eigenvalue weighted by Crippen LogP contribution is 1.87. The summed E-state index contributed by atoms with van der Waals surface area (Å²) in [5.41, 5.74) is 5.05. The van der Waals surface area contributed by atoms with Crippen molar-refractivity contribution in [3.05, 3.63) is 12.7 Å². The number of carbonyl (C=O) groups excluding carboxylic acids is 1. The van der Waals surface area contributed by atoms with Crippen molar-refractivity contribution in [2.45, 2.75) is 19.4 Å². The van der Waals surface area contributed by atoms with Gasteiger partial charge in [-0.1, -0.05) is 13.0 Å². The summed E-state index contributed by atoms with van der Waals surface area (Å²) >= 11 is 0. The first kappa shape index (κ1) is 9.17. The second kappa shape index (κ2) is 4.99. The lowest BCUT2D eigenvalue weighted by Gasteiger charge is -2.10. The molecule has 0 heterocycles. The van der Waals surface area contributed by atoms with E-state index < -0.39 is 0 Å². The van der Waals surface area contributed by atoms with E-state index in [9.17, 15) is 4.79 Å². The van der Waals surface area contributed by atoms with E-state index in [-0.39, 0.29) is 11.9 Å². The Kier molecular flexibility index (Phi) is 4.58. The number of rotatable bonds is 5. The molecule has 0 radical (unpaired) electrons. The molecule has 0 aromatic rings. The summed E-state index contributed by atoms with van der Waals surface area (Å²) in [6, 6.07) is -0.210. The Hall–Kier alpha value is -0.830. The van der Waals surface area contributed by atoms with Crippen LogP contribution >= 0.6 is 0 Å². The first-order valence-corrected chi connectivity index (χ1v) is 3.36. The number of hydrogen-bond donors (Lipinski definition) is 2. The molecule has 0 aromatic heterocycles. The van der Waals surface area contributed by atoms with Crippen molar-refractivity contribution < 1.29 is 4.79 Å². The SMILES string of the molecule is C=CCNC(CC)C(N)=O. The van der Waals surface area contributed by atoms with E-state index in [4.69, 9.17) is 5.73 Å². The fraction of sp³-hybridized carbons (Fsp3) is 0.571. The van der Waals surface area contributed by atoms with Crippen LogP contribution in [0.25, 0.3) is 0 Å². The van der Waals surface area contributed by atoms with Crippen LogP contribution in [0.3, 0.4) is 0 Å². The molecule has 0 saturated carbocycles. The van der Waals surface area contributed by atoms with Crippen LogP contribution in [0, 0.1) is 0 Å². The Morgan fingerprint density at radius 1 is 1.90 bits per heavy atom. The molecule has 1 unspecified atom stereocenters. The van der Waals surface area contributed by atoms with Gasteiger partial charge >= 0.3 is 0 Å². The molecule has 0 saturated heterocycles. The third-order valence-corrected chi connectivity index (χ3v) is 1.26. The van der Waals surface area contributed by atoms with Gasteiger partial charge in [0.2, 0.25) is 5.91 Å². The average molecular weight is 142 g/mol. The Morgan fingerprint density at radius 2 is 2.50 bits per heavy atom. The van der Waals surface area contributed by atoms with Crippen molar-refractivity contribution >= 4 is 5.91 Å². The van der Waals surface area contributed by atoms with Gasteiger partial charge in [0, 0.05) is 6.54 Å². The van der Waals surface area contributed by atoms with Crippen molar-refractivity contribution in [1.82, 2.24) is 5.32 Å². The Labute approximate surface area is 61.3 Å². The monoisotopic (exact) mass is 142 g/mol. The van der Waals surface area contributed by atoms with Gasteiger partial charge in [0.1, 0.15) is 0 Å². The highest BCUT2D eigenvalue weighted by atomic mass is 16.1. The first-order chi connectivity index (χ1) is 4.72. The number of nitrogens with one attached hydrogen (secondary N) is 1. The van der Waals surface area contributed by atoms with Crippen molar-refractivity contribution in [3.63, 3.8) is 0 Å². The molecule has 3 nitrogen and oxygen atoms in total. The van der Waals surface area contributed by atoms with Crippen molar-refractivity contribution in [2.75, 3.05) is 6.54 Å². The van der Waals surface area contributed by atoms with E-state index in [1.807, 2.05) is 6.92 Å². The Bertz CT molecular complexity index is 123. The van der Waals surface area contributed by atoms with Gasteiger partial charge < -0.3 is 11.1 Å². The molecule has 0 rings (SSSR count). The van der Waals surface area contributed by atoms with Gasteiger partial charge in [-0.15, -0.1) is 6.58 Å². The molecule has 3 N–H and O–H groups in total. The molecular weight excluding hydrogens is 128 g/mol. The normalized spacial score (nSPS) is 12.5. The molecule has 10 heavy (non-hydrogen) atoms. The number of primary amides is 1. The summed E-state index contributed by atoms with van der Waals surface area (Å²) in [5, 5.41) is 2.93. The minimum Gasteiger partial charge on any atom is -0.368 e. The average Bonchev–Trinajstić information content (AvgIpc) is 1.89. The highest BCUT2D eigenvalue weighted by Gasteiger charge is 2.09. The maximum absolute atomic E-state index is 10.6. The van der Waals surface area contributed by atoms with Gasteiger partial charge in [-0.25, -0.2) is 0 Å². The Morgan fingerprint density at radius 3 is 2.80 bits per heavy atom. The van der Waals surface area contributed by atoms with Gasteiger partial charge in [0.05, 0.1) is 6.04 Å². The van der Waals surface area contributed by atoms with Crippen molar-refractivity contribution in [2.24, 2.45) is 5.73 Å². The fourth-order valence-electron chi connectivity index (χ4n) is 0.672. The topological polar surface area (TPSA) is 55.1 Å². The molecule has 0 fully saturated rings. The molecule has 0 aliphatic carbocycles. The van der Waals surface area contributed by atoms with Gasteiger partial charge in [0.15, 0.2) is 0 Å². The van der Waals surface area contributed by atoms with Crippen LogP contribution < -0.4 is 11.1 Å². The molecule has 1 atom stereocenters. The van der Waals surface area contributed by atoms with Crippen LogP contribution in [0.1, 0.15) is 13.3 Å². The number of hydrogen-bond acceptors (Lipinski definition) is 2. The zero-order valence-corrected chi connectivity index (χ0v) is 6.26. The largest absolute Gasteiger partial charge is 0.368 e. The summed E-state index contributed by atoms with van der Waals surface area (Å²) in [5.74, 6) is -0.302. The summed E-state index contributed by atoms with van der Waals surface area (Å²) in [4.78, 5) is 10.6. The van der Waals surface area contributed by atoms with Crippen LogP contribution in [0.4, 0.5) is 0 Å². The van der Waals surface area contributed by atoms with E-state index in [1.165, 1.54) is 0 Å². The number of carbonyl (C=O) groups is 1. The summed E-state index contributed by atoms with van der Waals surface area (Å²) in [6.45, 7) is 6.05. The summed E-state index contributed by atoms with van der Waals surface area (Å²) in [7, 11) is 0. The second-order valence-corrected chi connectivity index (χ2v) is 2.06. The van der Waals surface area contributed by atoms with E-state index >= 15 is 0 Å². The molecule has 1 amide bonds. The van der Waals surface area contributed by atoms with E-state index in [2.05, 4.69) is 11.9 Å². The lowest BCUT2D eigenvalue weighted by molar-refractivity contribution is -0.120. The molecule has 0 spiro atoms. The van der Waals surface area contributed by atoms with E-state index in [0.717, 1.165) is 6.42 Å². The maximum Gasteiger partial charge on any atom is 0.234 e. The quantitative estimate of drug-likeness (QED) is 0.532. The van der Waals surface area contributed by atoms with Crippen molar-refractivity contribution in [3.8, 4) is 0 Å². The van der Waals surface area contributed by atoms with E-state index in [0.29, 0.717) is 6.54 Å². The summed E-state index contributed by atoms with van der Waals surface area (Å²) < 4.78 is 0. The zero-order chi connectivity index (χ0) is 7.98. The molecule has 0 bridgehead atoms. The van der Waals surface area contributed by atoms with Crippen LogP contribution in [-0.4, -0.2) is 18.5 Å². The lowest BCUT2D eigenvalue weighted by Crippen LogP contribution is -2.40. The molecule has 0 aromatic carbocycles. The lowest BCUT2D eigenvalue weighted by atomic mass is 10.2. The molecular formula is C7H14N2O. The predicted molar refractivity (Wildman–Crippen MR) is 41.5 cm³/mol. The third kappa shape index (κ3) is 3.25. The predicted octanol–water partition coefficient (Wildman–Crippen LogP) is 0.0259.